The van der Waals surface area contributed by atoms with Crippen molar-refractivity contribution in [2.75, 3.05) is 19.7 Å². The average Bonchev–Trinajstić information content (AvgIpc) is 2.89. The number of hydrogen-bond donors (Lipinski definition) is 1. The normalized spacial score (nSPS) is 26.1. The van der Waals surface area contributed by atoms with Crippen molar-refractivity contribution in [3.05, 3.63) is 18.2 Å². The fourth-order valence-corrected chi connectivity index (χ4v) is 3.03. The maximum absolute atomic E-state index is 6.10. The molecular weight excluding hydrogens is 252 g/mol. The van der Waals surface area contributed by atoms with Gasteiger partial charge in [0, 0.05) is 31.4 Å². The quantitative estimate of drug-likeness (QED) is 0.896. The maximum Gasteiger partial charge on any atom is 0.0951 e. The third-order valence-corrected chi connectivity index (χ3v) is 4.20. The molecule has 3 unspecified atom stereocenters. The third-order valence-electron chi connectivity index (χ3n) is 4.20. The molecule has 5 nitrogen and oxygen atoms in total. The zero-order valence-corrected chi connectivity index (χ0v) is 13.1. The topological polar surface area (TPSA) is 56.3 Å². The summed E-state index contributed by atoms with van der Waals surface area (Å²) in [6.07, 6.45) is 5.22. The predicted molar refractivity (Wildman–Crippen MR) is 80.6 cm³/mol. The van der Waals surface area contributed by atoms with Crippen molar-refractivity contribution in [1.82, 2.24) is 14.5 Å². The van der Waals surface area contributed by atoms with Gasteiger partial charge in [0.25, 0.3) is 0 Å². The minimum Gasteiger partial charge on any atom is -0.376 e. The lowest BCUT2D eigenvalue weighted by Gasteiger charge is -2.43. The fourth-order valence-electron chi connectivity index (χ4n) is 3.03. The van der Waals surface area contributed by atoms with Gasteiger partial charge in [-0.3, -0.25) is 4.90 Å². The molecule has 0 radical (unpaired) electrons. The minimum atomic E-state index is 0.219. The van der Waals surface area contributed by atoms with Gasteiger partial charge in [0.1, 0.15) is 0 Å². The molecule has 3 atom stereocenters. The Bertz CT molecular complexity index is 418. The van der Waals surface area contributed by atoms with E-state index in [4.69, 9.17) is 10.5 Å². The first-order valence-electron chi connectivity index (χ1n) is 7.67. The molecule has 114 valence electrons. The molecule has 1 aliphatic heterocycles. The molecule has 1 aliphatic rings. The Kier molecular flexibility index (Phi) is 5.18. The summed E-state index contributed by atoms with van der Waals surface area (Å²) in [5.41, 5.74) is 7.32. The van der Waals surface area contributed by atoms with E-state index >= 15 is 0 Å². The number of nitrogens with zero attached hydrogens (tertiary/aromatic N) is 3. The van der Waals surface area contributed by atoms with Crippen LogP contribution in [0.1, 0.15) is 51.9 Å². The summed E-state index contributed by atoms with van der Waals surface area (Å²) < 4.78 is 8.02. The second-order valence-corrected chi connectivity index (χ2v) is 5.97. The van der Waals surface area contributed by atoms with Crippen LogP contribution in [0.5, 0.6) is 0 Å². The first-order valence-corrected chi connectivity index (χ1v) is 7.67. The molecular formula is C15H28N4O. The smallest absolute Gasteiger partial charge is 0.0951 e. The van der Waals surface area contributed by atoms with Crippen LogP contribution in [0, 0.1) is 0 Å². The van der Waals surface area contributed by atoms with Crippen LogP contribution in [-0.2, 0) is 4.74 Å². The molecule has 1 aromatic heterocycles. The van der Waals surface area contributed by atoms with E-state index in [0.29, 0.717) is 18.6 Å². The van der Waals surface area contributed by atoms with E-state index in [-0.39, 0.29) is 12.1 Å². The summed E-state index contributed by atoms with van der Waals surface area (Å²) in [4.78, 5) is 6.83. The van der Waals surface area contributed by atoms with Crippen molar-refractivity contribution in [3.8, 4) is 0 Å². The summed E-state index contributed by atoms with van der Waals surface area (Å²) in [5.74, 6) is 0. The van der Waals surface area contributed by atoms with E-state index in [1.807, 2.05) is 12.5 Å². The molecule has 2 N–H and O–H groups in total. The van der Waals surface area contributed by atoms with Gasteiger partial charge < -0.3 is 15.0 Å². The van der Waals surface area contributed by atoms with Crippen LogP contribution in [0.2, 0.25) is 0 Å². The summed E-state index contributed by atoms with van der Waals surface area (Å²) in [6, 6.07) is 1.06. The zero-order valence-electron chi connectivity index (χ0n) is 13.1. The molecule has 0 aliphatic carbocycles. The molecule has 1 fully saturated rings. The first-order chi connectivity index (χ1) is 9.58. The molecule has 0 bridgehead atoms. The Morgan fingerprint density at radius 3 is 2.85 bits per heavy atom. The van der Waals surface area contributed by atoms with Crippen LogP contribution in [0.25, 0.3) is 0 Å². The average molecular weight is 280 g/mol. The van der Waals surface area contributed by atoms with Gasteiger partial charge in [-0.2, -0.15) is 0 Å². The zero-order chi connectivity index (χ0) is 14.7. The van der Waals surface area contributed by atoms with E-state index in [1.165, 1.54) is 5.69 Å². The van der Waals surface area contributed by atoms with Crippen LogP contribution >= 0.6 is 0 Å². The standard InChI is InChI=1S/C15H28N4O/c1-5-13-9-20-12(4)8-18(13)14(6-16)15-7-17-10-19(15)11(2)3/h7,10-14H,5-6,8-9,16H2,1-4H3. The molecule has 1 saturated heterocycles. The monoisotopic (exact) mass is 280 g/mol. The van der Waals surface area contributed by atoms with Crippen LogP contribution in [0.3, 0.4) is 0 Å². The van der Waals surface area contributed by atoms with Gasteiger partial charge in [0.15, 0.2) is 0 Å². The van der Waals surface area contributed by atoms with Crippen LogP contribution in [0.4, 0.5) is 0 Å². The maximum atomic E-state index is 6.10. The third kappa shape index (κ3) is 3.05. The molecule has 0 saturated carbocycles. The Balaban J connectivity index is 2.27. The Morgan fingerprint density at radius 2 is 2.25 bits per heavy atom. The Labute approximate surface area is 122 Å². The van der Waals surface area contributed by atoms with Gasteiger partial charge in [-0.15, -0.1) is 0 Å². The van der Waals surface area contributed by atoms with Crippen molar-refractivity contribution in [2.45, 2.75) is 58.3 Å². The van der Waals surface area contributed by atoms with Gasteiger partial charge in [0.2, 0.25) is 0 Å². The lowest BCUT2D eigenvalue weighted by molar-refractivity contribution is -0.0730. The van der Waals surface area contributed by atoms with Crippen LogP contribution < -0.4 is 5.73 Å². The highest BCUT2D eigenvalue weighted by Crippen LogP contribution is 2.28. The van der Waals surface area contributed by atoms with Gasteiger partial charge >= 0.3 is 0 Å². The van der Waals surface area contributed by atoms with E-state index in [9.17, 15) is 0 Å². The van der Waals surface area contributed by atoms with Crippen LogP contribution in [-0.4, -0.2) is 46.3 Å². The predicted octanol–water partition coefficient (Wildman–Crippen LogP) is 1.96. The molecule has 5 heteroatoms. The van der Waals surface area contributed by atoms with Gasteiger partial charge in [-0.1, -0.05) is 6.92 Å². The number of morpholine rings is 1. The summed E-state index contributed by atoms with van der Waals surface area (Å²) in [7, 11) is 0. The van der Waals surface area contributed by atoms with Crippen molar-refractivity contribution in [2.24, 2.45) is 5.73 Å². The lowest BCUT2D eigenvalue weighted by Crippen LogP contribution is -2.51. The van der Waals surface area contributed by atoms with E-state index in [1.54, 1.807) is 0 Å². The molecule has 0 aromatic carbocycles. The van der Waals surface area contributed by atoms with Gasteiger partial charge in [-0.05, 0) is 27.2 Å². The lowest BCUT2D eigenvalue weighted by atomic mass is 10.0. The number of ether oxygens (including phenoxy) is 1. The van der Waals surface area contributed by atoms with E-state index in [0.717, 1.165) is 19.6 Å². The second kappa shape index (κ2) is 6.70. The number of imidazole rings is 1. The summed E-state index contributed by atoms with van der Waals surface area (Å²) in [5, 5.41) is 0. The fraction of sp³-hybridized carbons (Fsp3) is 0.800. The van der Waals surface area contributed by atoms with E-state index < -0.39 is 0 Å². The van der Waals surface area contributed by atoms with Crippen molar-refractivity contribution in [1.29, 1.82) is 0 Å². The summed E-state index contributed by atoms with van der Waals surface area (Å²) in [6.45, 7) is 11.0. The highest BCUT2D eigenvalue weighted by Gasteiger charge is 2.33. The number of nitrogens with two attached hydrogens (primary N) is 1. The minimum absolute atomic E-state index is 0.219. The Hall–Kier alpha value is -0.910. The van der Waals surface area contributed by atoms with Gasteiger partial charge in [0.05, 0.1) is 30.8 Å². The van der Waals surface area contributed by atoms with E-state index in [2.05, 4.69) is 42.1 Å². The number of rotatable bonds is 5. The largest absolute Gasteiger partial charge is 0.376 e. The molecule has 20 heavy (non-hydrogen) atoms. The molecule has 0 spiro atoms. The highest BCUT2D eigenvalue weighted by molar-refractivity contribution is 5.09. The van der Waals surface area contributed by atoms with Gasteiger partial charge in [-0.25, -0.2) is 4.98 Å². The molecule has 2 rings (SSSR count). The van der Waals surface area contributed by atoms with Crippen molar-refractivity contribution >= 4 is 0 Å². The molecule has 1 aromatic rings. The van der Waals surface area contributed by atoms with Crippen molar-refractivity contribution in [3.63, 3.8) is 0 Å². The number of aromatic nitrogens is 2. The Morgan fingerprint density at radius 1 is 1.50 bits per heavy atom. The SMILES string of the molecule is CCC1COC(C)CN1C(CN)c1cncn1C(C)C. The molecule has 2 heterocycles. The first kappa shape index (κ1) is 15.5. The second-order valence-electron chi connectivity index (χ2n) is 5.97. The number of hydrogen-bond acceptors (Lipinski definition) is 4. The highest BCUT2D eigenvalue weighted by atomic mass is 16.5. The summed E-state index contributed by atoms with van der Waals surface area (Å²) >= 11 is 0. The van der Waals surface area contributed by atoms with Crippen LogP contribution in [0.15, 0.2) is 12.5 Å². The molecule has 0 amide bonds. The van der Waals surface area contributed by atoms with Crippen molar-refractivity contribution < 1.29 is 4.74 Å².